The largest absolute Gasteiger partial charge is 0.344 e. The van der Waals surface area contributed by atoms with E-state index in [1.807, 2.05) is 0 Å². The Morgan fingerprint density at radius 1 is 0.750 bits per heavy atom. The summed E-state index contributed by atoms with van der Waals surface area (Å²) in [6.45, 7) is 0. The monoisotopic (exact) mass is 84.1 g/mol. The van der Waals surface area contributed by atoms with Gasteiger partial charge >= 0.3 is 0 Å². The van der Waals surface area contributed by atoms with E-state index in [9.17, 15) is 0 Å². The first-order chi connectivity index (χ1) is 0. The number of hydrogen-bond donors (Lipinski definition) is 2. The van der Waals surface area contributed by atoms with E-state index in [0.29, 0.717) is 0 Å². The molecule has 0 aromatic carbocycles. The molecule has 0 amide bonds. The van der Waals surface area contributed by atoms with Crippen LogP contribution in [0.1, 0.15) is 0 Å². The number of hydrogen-bond acceptors (Lipinski definition) is 2. The molecule has 0 bridgehead atoms. The summed E-state index contributed by atoms with van der Waals surface area (Å²) in [5.41, 5.74) is 0. The van der Waals surface area contributed by atoms with E-state index in [4.69, 9.17) is 0 Å². The molecular weight excluding hydrogens is 74.3 g/mol. The first-order valence-electron chi connectivity index (χ1n) is 0. The molecule has 0 unspecified atom stereocenters. The minimum atomic E-state index is 0. The Kier molecular flexibility index (Phi) is 34000. The molecule has 0 rings (SSSR count). The molecule has 30 valence electrons. The lowest BCUT2D eigenvalue weighted by molar-refractivity contribution is 2.13. The van der Waals surface area contributed by atoms with E-state index < -0.39 is 0 Å². The fourth-order valence-corrected chi connectivity index (χ4v) is 0. The molecule has 0 saturated heterocycles. The number of rotatable bonds is 0. The zero-order chi connectivity index (χ0) is 0. The Hall–Kier alpha value is 0.275. The van der Waals surface area contributed by atoms with Gasteiger partial charge in [0.2, 0.25) is 0 Å². The van der Waals surface area contributed by atoms with Crippen LogP contribution in [0.4, 0.5) is 0 Å². The van der Waals surface area contributed by atoms with Crippen LogP contribution in [0.3, 0.4) is 0 Å². The third kappa shape index (κ3) is 48.9. The molecule has 0 heterocycles. The summed E-state index contributed by atoms with van der Waals surface area (Å²) in [6.07, 6.45) is 0. The van der Waals surface area contributed by atoms with Crippen LogP contribution in [0.15, 0.2) is 0 Å². The van der Waals surface area contributed by atoms with Gasteiger partial charge in [0.1, 0.15) is 0 Å². The minimum absolute atomic E-state index is 0. The van der Waals surface area contributed by atoms with E-state index in [0.717, 1.165) is 0 Å². The van der Waals surface area contributed by atoms with Gasteiger partial charge in [0, 0.05) is 0 Å². The minimum Gasteiger partial charge on any atom is -0.344 e. The van der Waals surface area contributed by atoms with E-state index in [-0.39, 0.29) is 33.1 Å². The molecule has 0 aromatic rings. The van der Waals surface area contributed by atoms with Gasteiger partial charge in [-0.05, 0) is 0 Å². The fraction of sp³-hybridized carbons (Fsp3) is 0. The lowest BCUT2D eigenvalue weighted by atomic mass is 10.8. The van der Waals surface area contributed by atoms with Gasteiger partial charge in [-0.2, -0.15) is 0 Å². The Morgan fingerprint density at radius 3 is 0.750 bits per heavy atom. The van der Waals surface area contributed by atoms with Crippen LogP contribution in [0, 0.1) is 0 Å². The SMILES string of the molecule is B.Cl.N.N. The maximum atomic E-state index is 0. The molecule has 0 aromatic heterocycles. The van der Waals surface area contributed by atoms with Gasteiger partial charge in [-0.1, -0.05) is 0 Å². The van der Waals surface area contributed by atoms with Crippen LogP contribution in [-0.2, 0) is 0 Å². The highest BCUT2D eigenvalue weighted by molar-refractivity contribution is 5.85. The van der Waals surface area contributed by atoms with Crippen LogP contribution >= 0.6 is 12.4 Å². The second-order valence-electron chi connectivity index (χ2n) is 0. The molecule has 0 aliphatic rings. The van der Waals surface area contributed by atoms with Crippen molar-refractivity contribution in [2.45, 2.75) is 0 Å². The first-order valence-corrected chi connectivity index (χ1v) is 0. The maximum absolute atomic E-state index is 0. The van der Waals surface area contributed by atoms with Gasteiger partial charge in [0.05, 0.1) is 8.41 Å². The highest BCUT2D eigenvalue weighted by Crippen LogP contribution is 0.690. The van der Waals surface area contributed by atoms with E-state index in [1.54, 1.807) is 0 Å². The van der Waals surface area contributed by atoms with Crippen LogP contribution in [0.25, 0.3) is 0 Å². The molecule has 0 saturated carbocycles. The molecule has 4 heteroatoms. The summed E-state index contributed by atoms with van der Waals surface area (Å²) in [4.78, 5) is 0. The Labute approximate surface area is 34.1 Å². The van der Waals surface area contributed by atoms with Gasteiger partial charge in [-0.25, -0.2) is 0 Å². The molecule has 2 nitrogen and oxygen atoms in total. The molecule has 0 fully saturated rings. The van der Waals surface area contributed by atoms with Crippen molar-refractivity contribution in [2.24, 2.45) is 0 Å². The van der Waals surface area contributed by atoms with Crippen molar-refractivity contribution in [1.82, 2.24) is 12.3 Å². The van der Waals surface area contributed by atoms with E-state index in [2.05, 4.69) is 0 Å². The number of halogens is 1. The highest BCUT2D eigenvalue weighted by Gasteiger charge is 0.0814. The average molecular weight is 84.4 g/mol. The Balaban J connectivity index is 0. The van der Waals surface area contributed by atoms with Crippen molar-refractivity contribution in [1.29, 1.82) is 0 Å². The van der Waals surface area contributed by atoms with Crippen LogP contribution in [0.2, 0.25) is 0 Å². The Morgan fingerprint density at radius 2 is 0.750 bits per heavy atom. The van der Waals surface area contributed by atoms with Gasteiger partial charge in [0.25, 0.3) is 0 Å². The van der Waals surface area contributed by atoms with Crippen molar-refractivity contribution in [2.75, 3.05) is 0 Å². The fourth-order valence-electron chi connectivity index (χ4n) is 0. The second kappa shape index (κ2) is 224. The third-order valence-corrected chi connectivity index (χ3v) is 0. The smallest absolute Gasteiger partial charge is 0.0814 e. The van der Waals surface area contributed by atoms with E-state index >= 15 is 0 Å². The zero-order valence-corrected chi connectivity index (χ0v) is 2.64. The van der Waals surface area contributed by atoms with Crippen LogP contribution < -0.4 is 12.3 Å². The van der Waals surface area contributed by atoms with Gasteiger partial charge < -0.3 is 12.3 Å². The predicted octanol–water partition coefficient (Wildman–Crippen LogP) is -0.438. The molecule has 6 N–H and O–H groups in total. The van der Waals surface area contributed by atoms with Gasteiger partial charge in [-0.15, -0.1) is 12.4 Å². The lowest BCUT2D eigenvalue weighted by Crippen LogP contribution is -0.482. The summed E-state index contributed by atoms with van der Waals surface area (Å²) in [5.74, 6) is 0. The lowest BCUT2D eigenvalue weighted by Gasteiger charge is -0.345. The second-order valence-corrected chi connectivity index (χ2v) is 0. The summed E-state index contributed by atoms with van der Waals surface area (Å²) in [5, 5.41) is 0. The summed E-state index contributed by atoms with van der Waals surface area (Å²) in [7, 11) is 0. The molecule has 0 aliphatic carbocycles. The van der Waals surface area contributed by atoms with Gasteiger partial charge in [-0.3, -0.25) is 0 Å². The van der Waals surface area contributed by atoms with Crippen molar-refractivity contribution in [3.8, 4) is 0 Å². The highest BCUT2D eigenvalue weighted by atomic mass is 35.5. The van der Waals surface area contributed by atoms with Gasteiger partial charge in [0.15, 0.2) is 0 Å². The van der Waals surface area contributed by atoms with Crippen molar-refractivity contribution >= 4 is 20.8 Å². The zero-order valence-electron chi connectivity index (χ0n) is 1.82. The molecule has 0 radical (unpaired) electrons. The topological polar surface area (TPSA) is 70.0 Å². The summed E-state index contributed by atoms with van der Waals surface area (Å²) < 4.78 is 0. The summed E-state index contributed by atoms with van der Waals surface area (Å²) in [6, 6.07) is 0. The van der Waals surface area contributed by atoms with Crippen LogP contribution in [-0.4, -0.2) is 8.41 Å². The summed E-state index contributed by atoms with van der Waals surface area (Å²) >= 11 is 0. The Bertz CT molecular complexity index is 6.00. The van der Waals surface area contributed by atoms with Crippen molar-refractivity contribution in [3.05, 3.63) is 0 Å². The van der Waals surface area contributed by atoms with Crippen LogP contribution in [0.5, 0.6) is 0 Å². The molecule has 4 heavy (non-hydrogen) atoms. The molecule has 0 aliphatic heterocycles. The quantitative estimate of drug-likeness (QED) is 0.391. The molecular formula is H10BClN2. The average Bonchev–Trinajstić information content (AvgIpc) is 0. The third-order valence-electron chi connectivity index (χ3n) is 0. The standard InChI is InChI=1S/BH3.ClH.2H3N/h1H3;1H;2*1H3. The van der Waals surface area contributed by atoms with E-state index in [1.165, 1.54) is 0 Å². The first kappa shape index (κ1) is 607. The molecule has 0 atom stereocenters. The van der Waals surface area contributed by atoms with Crippen molar-refractivity contribution in [3.63, 3.8) is 0 Å². The maximum Gasteiger partial charge on any atom is 0.0814 e. The molecule has 0 spiro atoms. The normalized spacial score (nSPS) is 0. The van der Waals surface area contributed by atoms with Crippen molar-refractivity contribution < 1.29 is 0 Å². The predicted molar refractivity (Wildman–Crippen MR) is 27.2 cm³/mol.